The van der Waals surface area contributed by atoms with Crippen LogP contribution in [-0.2, 0) is 11.3 Å². The molecule has 0 radical (unpaired) electrons. The Morgan fingerprint density at radius 2 is 2.10 bits per heavy atom. The molecule has 1 aromatic heterocycles. The Kier molecular flexibility index (Phi) is 5.08. The number of hydrogen-bond acceptors (Lipinski definition) is 5. The molecule has 0 unspecified atom stereocenters. The quantitative estimate of drug-likeness (QED) is 0.758. The fourth-order valence-electron chi connectivity index (χ4n) is 2.45. The van der Waals surface area contributed by atoms with Crippen molar-refractivity contribution in [3.63, 3.8) is 0 Å². The number of aromatic nitrogens is 1. The molecule has 1 aliphatic carbocycles. The maximum atomic E-state index is 11.9. The SMILES string of the molecule is NCc1nc(C(=O)NCC2CCC(C(=O)O)CC2)cs1. The third kappa shape index (κ3) is 3.77. The third-order valence-corrected chi connectivity index (χ3v) is 4.58. The van der Waals surface area contributed by atoms with Gasteiger partial charge in [-0.25, -0.2) is 4.98 Å². The summed E-state index contributed by atoms with van der Waals surface area (Å²) in [6.45, 7) is 0.928. The Hall–Kier alpha value is -1.47. The van der Waals surface area contributed by atoms with Crippen LogP contribution in [0.2, 0.25) is 0 Å². The number of amides is 1. The smallest absolute Gasteiger partial charge is 0.306 e. The first kappa shape index (κ1) is 14.9. The van der Waals surface area contributed by atoms with Gasteiger partial charge >= 0.3 is 5.97 Å². The molecule has 20 heavy (non-hydrogen) atoms. The van der Waals surface area contributed by atoms with Crippen molar-refractivity contribution in [3.8, 4) is 0 Å². The predicted molar refractivity (Wildman–Crippen MR) is 75.4 cm³/mol. The van der Waals surface area contributed by atoms with Gasteiger partial charge < -0.3 is 16.2 Å². The van der Waals surface area contributed by atoms with E-state index in [4.69, 9.17) is 10.8 Å². The molecule has 0 saturated heterocycles. The van der Waals surface area contributed by atoms with E-state index in [9.17, 15) is 9.59 Å². The highest BCUT2D eigenvalue weighted by Crippen LogP contribution is 2.28. The van der Waals surface area contributed by atoms with Crippen molar-refractivity contribution in [3.05, 3.63) is 16.1 Å². The topological polar surface area (TPSA) is 105 Å². The van der Waals surface area contributed by atoms with E-state index >= 15 is 0 Å². The molecule has 0 aromatic carbocycles. The molecule has 1 aliphatic rings. The molecule has 7 heteroatoms. The zero-order valence-electron chi connectivity index (χ0n) is 11.2. The van der Waals surface area contributed by atoms with E-state index < -0.39 is 5.97 Å². The molecule has 1 heterocycles. The van der Waals surface area contributed by atoms with Crippen LogP contribution >= 0.6 is 11.3 Å². The first-order valence-corrected chi connectivity index (χ1v) is 7.63. The second kappa shape index (κ2) is 6.81. The molecule has 6 nitrogen and oxygen atoms in total. The summed E-state index contributed by atoms with van der Waals surface area (Å²) in [6, 6.07) is 0. The van der Waals surface area contributed by atoms with Gasteiger partial charge in [0.15, 0.2) is 0 Å². The largest absolute Gasteiger partial charge is 0.481 e. The fraction of sp³-hybridized carbons (Fsp3) is 0.615. The highest BCUT2D eigenvalue weighted by molar-refractivity contribution is 7.09. The first-order chi connectivity index (χ1) is 9.60. The summed E-state index contributed by atoms with van der Waals surface area (Å²) in [6.07, 6.45) is 3.10. The van der Waals surface area contributed by atoms with Gasteiger partial charge in [0.2, 0.25) is 0 Å². The van der Waals surface area contributed by atoms with E-state index in [0.29, 0.717) is 37.5 Å². The minimum Gasteiger partial charge on any atom is -0.481 e. The standard InChI is InChI=1S/C13H19N3O3S/c14-5-11-16-10(7-20-11)12(17)15-6-8-1-3-9(4-2-8)13(18)19/h7-9H,1-6,14H2,(H,15,17)(H,18,19). The Balaban J connectivity index is 1.75. The number of aliphatic carboxylic acids is 1. The van der Waals surface area contributed by atoms with Crippen molar-refractivity contribution in [1.29, 1.82) is 0 Å². The lowest BCUT2D eigenvalue weighted by atomic mass is 9.82. The van der Waals surface area contributed by atoms with Crippen LogP contribution in [0.4, 0.5) is 0 Å². The van der Waals surface area contributed by atoms with Crippen molar-refractivity contribution in [2.75, 3.05) is 6.54 Å². The number of nitrogens with two attached hydrogens (primary N) is 1. The van der Waals surface area contributed by atoms with Crippen molar-refractivity contribution in [2.24, 2.45) is 17.6 Å². The molecule has 2 rings (SSSR count). The summed E-state index contributed by atoms with van der Waals surface area (Å²) in [5, 5.41) is 14.3. The van der Waals surface area contributed by atoms with Gasteiger partial charge in [-0.2, -0.15) is 0 Å². The average Bonchev–Trinajstić information content (AvgIpc) is 2.94. The number of carbonyl (C=O) groups is 2. The molecule has 0 bridgehead atoms. The van der Waals surface area contributed by atoms with Crippen molar-refractivity contribution in [2.45, 2.75) is 32.2 Å². The summed E-state index contributed by atoms with van der Waals surface area (Å²) in [4.78, 5) is 26.9. The monoisotopic (exact) mass is 297 g/mol. The van der Waals surface area contributed by atoms with Gasteiger partial charge in [-0.1, -0.05) is 0 Å². The van der Waals surface area contributed by atoms with Gasteiger partial charge in [0, 0.05) is 18.5 Å². The number of carboxylic acids is 1. The molecular weight excluding hydrogens is 278 g/mol. The third-order valence-electron chi connectivity index (χ3n) is 3.71. The van der Waals surface area contributed by atoms with E-state index in [-0.39, 0.29) is 11.8 Å². The van der Waals surface area contributed by atoms with E-state index in [2.05, 4.69) is 10.3 Å². The minimum atomic E-state index is -0.704. The Morgan fingerprint density at radius 3 is 2.65 bits per heavy atom. The number of rotatable bonds is 5. The Labute approximate surface area is 121 Å². The van der Waals surface area contributed by atoms with Gasteiger partial charge in [-0.15, -0.1) is 11.3 Å². The summed E-state index contributed by atoms with van der Waals surface area (Å²) >= 11 is 1.38. The molecule has 1 fully saturated rings. The number of thiazole rings is 1. The van der Waals surface area contributed by atoms with E-state index in [1.54, 1.807) is 5.38 Å². The van der Waals surface area contributed by atoms with E-state index in [1.165, 1.54) is 11.3 Å². The lowest BCUT2D eigenvalue weighted by Gasteiger charge is -2.26. The number of nitrogens with zero attached hydrogens (tertiary/aromatic N) is 1. The highest BCUT2D eigenvalue weighted by atomic mass is 32.1. The van der Waals surface area contributed by atoms with Crippen LogP contribution in [0.5, 0.6) is 0 Å². The number of hydrogen-bond donors (Lipinski definition) is 3. The number of carbonyl (C=O) groups excluding carboxylic acids is 1. The first-order valence-electron chi connectivity index (χ1n) is 6.75. The van der Waals surface area contributed by atoms with Crippen LogP contribution in [-0.4, -0.2) is 28.5 Å². The lowest BCUT2D eigenvalue weighted by molar-refractivity contribution is -0.143. The van der Waals surface area contributed by atoms with Gasteiger partial charge in [0.1, 0.15) is 10.7 Å². The Bertz CT molecular complexity index is 481. The Morgan fingerprint density at radius 1 is 1.40 bits per heavy atom. The van der Waals surface area contributed by atoms with Gasteiger partial charge in [0.25, 0.3) is 5.91 Å². The van der Waals surface area contributed by atoms with Crippen LogP contribution in [0.1, 0.15) is 41.2 Å². The normalized spacial score (nSPS) is 22.4. The van der Waals surface area contributed by atoms with Gasteiger partial charge in [-0.05, 0) is 31.6 Å². The molecule has 0 spiro atoms. The maximum Gasteiger partial charge on any atom is 0.306 e. The lowest BCUT2D eigenvalue weighted by Crippen LogP contribution is -2.32. The van der Waals surface area contributed by atoms with Crippen LogP contribution in [0.15, 0.2) is 5.38 Å². The van der Waals surface area contributed by atoms with E-state index in [1.807, 2.05) is 0 Å². The molecule has 110 valence electrons. The molecule has 0 aliphatic heterocycles. The predicted octanol–water partition coefficient (Wildman–Crippen LogP) is 1.22. The number of carboxylic acid groups (broad SMARTS) is 1. The van der Waals surface area contributed by atoms with E-state index in [0.717, 1.165) is 17.8 Å². The molecule has 1 saturated carbocycles. The summed E-state index contributed by atoms with van der Waals surface area (Å²) < 4.78 is 0. The minimum absolute atomic E-state index is 0.179. The summed E-state index contributed by atoms with van der Waals surface area (Å²) in [5.41, 5.74) is 5.87. The second-order valence-corrected chi connectivity index (χ2v) is 6.04. The average molecular weight is 297 g/mol. The van der Waals surface area contributed by atoms with Crippen LogP contribution in [0.3, 0.4) is 0 Å². The zero-order valence-corrected chi connectivity index (χ0v) is 12.0. The van der Waals surface area contributed by atoms with Crippen LogP contribution in [0, 0.1) is 11.8 Å². The van der Waals surface area contributed by atoms with Crippen molar-refractivity contribution in [1.82, 2.24) is 10.3 Å². The molecule has 4 N–H and O–H groups in total. The van der Waals surface area contributed by atoms with Crippen molar-refractivity contribution < 1.29 is 14.7 Å². The summed E-state index contributed by atoms with van der Waals surface area (Å²) in [7, 11) is 0. The maximum absolute atomic E-state index is 11.9. The molecule has 0 atom stereocenters. The fourth-order valence-corrected chi connectivity index (χ4v) is 3.10. The van der Waals surface area contributed by atoms with Crippen LogP contribution in [0.25, 0.3) is 0 Å². The zero-order chi connectivity index (χ0) is 14.5. The molecular formula is C13H19N3O3S. The van der Waals surface area contributed by atoms with Crippen molar-refractivity contribution >= 4 is 23.2 Å². The summed E-state index contributed by atoms with van der Waals surface area (Å²) in [5.74, 6) is -0.736. The number of nitrogens with one attached hydrogen (secondary N) is 1. The second-order valence-electron chi connectivity index (χ2n) is 5.10. The molecule has 1 amide bonds. The van der Waals surface area contributed by atoms with Gasteiger partial charge in [-0.3, -0.25) is 9.59 Å². The van der Waals surface area contributed by atoms with Gasteiger partial charge in [0.05, 0.1) is 5.92 Å². The highest BCUT2D eigenvalue weighted by Gasteiger charge is 2.26. The van der Waals surface area contributed by atoms with Crippen LogP contribution < -0.4 is 11.1 Å². The molecule has 1 aromatic rings.